The summed E-state index contributed by atoms with van der Waals surface area (Å²) < 4.78 is 5.17. The van der Waals surface area contributed by atoms with E-state index in [0.717, 1.165) is 5.56 Å². The van der Waals surface area contributed by atoms with E-state index in [1.165, 1.54) is 0 Å². The summed E-state index contributed by atoms with van der Waals surface area (Å²) in [6, 6.07) is 5.30. The second kappa shape index (κ2) is 6.75. The molecule has 0 radical (unpaired) electrons. The first-order valence-corrected chi connectivity index (χ1v) is 6.83. The number of amides is 1. The van der Waals surface area contributed by atoms with Crippen molar-refractivity contribution in [1.29, 1.82) is 0 Å². The fourth-order valence-electron chi connectivity index (χ4n) is 1.56. The highest BCUT2D eigenvalue weighted by molar-refractivity contribution is 6.33. The highest BCUT2D eigenvalue weighted by Crippen LogP contribution is 2.24. The molecule has 0 spiro atoms. The summed E-state index contributed by atoms with van der Waals surface area (Å²) in [6.45, 7) is 6.92. The van der Waals surface area contributed by atoms with Crippen molar-refractivity contribution in [2.75, 3.05) is 5.32 Å². The van der Waals surface area contributed by atoms with Gasteiger partial charge < -0.3 is 9.53 Å². The number of carbonyl (C=O) groups is 2. The summed E-state index contributed by atoms with van der Waals surface area (Å²) in [4.78, 5) is 22.7. The lowest BCUT2D eigenvalue weighted by atomic mass is 10.1. The molecule has 4 nitrogen and oxygen atoms in total. The molecule has 0 atom stereocenters. The zero-order valence-corrected chi connectivity index (χ0v) is 13.0. The average Bonchev–Trinajstić information content (AvgIpc) is 2.27. The number of rotatable bonds is 4. The number of benzene rings is 1. The fourth-order valence-corrected chi connectivity index (χ4v) is 1.72. The van der Waals surface area contributed by atoms with Gasteiger partial charge >= 0.3 is 6.09 Å². The van der Waals surface area contributed by atoms with Crippen molar-refractivity contribution in [2.45, 2.75) is 46.1 Å². The maximum atomic E-state index is 11.7. The highest BCUT2D eigenvalue weighted by atomic mass is 35.5. The molecule has 1 amide bonds. The maximum absolute atomic E-state index is 11.7. The highest BCUT2D eigenvalue weighted by Gasteiger charge is 2.17. The number of nitrogens with one attached hydrogen (secondary N) is 1. The van der Waals surface area contributed by atoms with Crippen LogP contribution in [0.1, 0.15) is 39.7 Å². The average molecular weight is 298 g/mol. The lowest BCUT2D eigenvalue weighted by Crippen LogP contribution is -2.27. The van der Waals surface area contributed by atoms with E-state index < -0.39 is 11.7 Å². The molecule has 0 aliphatic rings. The van der Waals surface area contributed by atoms with Crippen LogP contribution in [-0.2, 0) is 16.0 Å². The first-order valence-electron chi connectivity index (χ1n) is 6.45. The quantitative estimate of drug-likeness (QED) is 0.905. The molecular formula is C15H20ClNO3. The van der Waals surface area contributed by atoms with Gasteiger partial charge in [0.25, 0.3) is 0 Å². The molecule has 0 saturated heterocycles. The summed E-state index contributed by atoms with van der Waals surface area (Å²) in [5, 5.41) is 3.05. The molecule has 0 bridgehead atoms. The second-order valence-corrected chi connectivity index (χ2v) is 6.05. The van der Waals surface area contributed by atoms with Gasteiger partial charge in [0.05, 0.1) is 10.7 Å². The van der Waals surface area contributed by atoms with Crippen molar-refractivity contribution in [1.82, 2.24) is 0 Å². The van der Waals surface area contributed by atoms with Gasteiger partial charge in [0.15, 0.2) is 0 Å². The molecule has 1 aromatic rings. The third-order valence-corrected chi connectivity index (χ3v) is 2.76. The molecule has 0 saturated carbocycles. The predicted molar refractivity (Wildman–Crippen MR) is 80.3 cm³/mol. The number of Topliss-reactive ketones (excluding diaryl/α,β-unsaturated/α-hetero) is 1. The lowest BCUT2D eigenvalue weighted by Gasteiger charge is -2.20. The van der Waals surface area contributed by atoms with Crippen LogP contribution in [0.2, 0.25) is 5.02 Å². The Morgan fingerprint density at radius 1 is 1.30 bits per heavy atom. The standard InChI is InChI=1S/C15H20ClNO3/c1-10(18)5-6-11-7-8-12(16)13(9-11)17-14(19)20-15(2,3)4/h7-9H,5-6H2,1-4H3,(H,17,19). The van der Waals surface area contributed by atoms with Crippen LogP contribution in [0.25, 0.3) is 0 Å². The monoisotopic (exact) mass is 297 g/mol. The largest absolute Gasteiger partial charge is 0.444 e. The van der Waals surface area contributed by atoms with E-state index in [-0.39, 0.29) is 5.78 Å². The van der Waals surface area contributed by atoms with Gasteiger partial charge in [0.2, 0.25) is 0 Å². The number of ketones is 1. The van der Waals surface area contributed by atoms with Gasteiger partial charge in [-0.2, -0.15) is 0 Å². The Morgan fingerprint density at radius 3 is 2.50 bits per heavy atom. The van der Waals surface area contributed by atoms with Gasteiger partial charge in [-0.15, -0.1) is 0 Å². The topological polar surface area (TPSA) is 55.4 Å². The normalized spacial score (nSPS) is 11.1. The minimum atomic E-state index is -0.567. The molecule has 1 N–H and O–H groups in total. The predicted octanol–water partition coefficient (Wildman–Crippen LogP) is 4.21. The van der Waals surface area contributed by atoms with Gasteiger partial charge in [-0.3, -0.25) is 5.32 Å². The molecular weight excluding hydrogens is 278 g/mol. The molecule has 20 heavy (non-hydrogen) atoms. The first kappa shape index (κ1) is 16.5. The summed E-state index contributed by atoms with van der Waals surface area (Å²) in [7, 11) is 0. The van der Waals surface area contributed by atoms with Crippen LogP contribution >= 0.6 is 11.6 Å². The van der Waals surface area contributed by atoms with E-state index in [1.54, 1.807) is 39.8 Å². The lowest BCUT2D eigenvalue weighted by molar-refractivity contribution is -0.116. The zero-order chi connectivity index (χ0) is 15.3. The number of hydrogen-bond donors (Lipinski definition) is 1. The number of ether oxygens (including phenoxy) is 1. The zero-order valence-electron chi connectivity index (χ0n) is 12.2. The Morgan fingerprint density at radius 2 is 1.95 bits per heavy atom. The third-order valence-electron chi connectivity index (χ3n) is 2.43. The SMILES string of the molecule is CC(=O)CCc1ccc(Cl)c(NC(=O)OC(C)(C)C)c1. The van der Waals surface area contributed by atoms with Gasteiger partial charge in [0.1, 0.15) is 11.4 Å². The Bertz CT molecular complexity index is 506. The second-order valence-electron chi connectivity index (χ2n) is 5.64. The van der Waals surface area contributed by atoms with Crippen LogP contribution in [0.4, 0.5) is 10.5 Å². The van der Waals surface area contributed by atoms with Crippen molar-refractivity contribution < 1.29 is 14.3 Å². The summed E-state index contributed by atoms with van der Waals surface area (Å²) in [5.74, 6) is 0.126. The summed E-state index contributed by atoms with van der Waals surface area (Å²) >= 11 is 6.04. The molecule has 0 fully saturated rings. The van der Waals surface area contributed by atoms with Crippen molar-refractivity contribution in [3.05, 3.63) is 28.8 Å². The molecule has 0 aromatic heterocycles. The number of halogens is 1. The minimum Gasteiger partial charge on any atom is -0.444 e. The molecule has 5 heteroatoms. The van der Waals surface area contributed by atoms with Crippen LogP contribution in [0, 0.1) is 0 Å². The minimum absolute atomic E-state index is 0.126. The van der Waals surface area contributed by atoms with Gasteiger partial charge in [-0.05, 0) is 51.8 Å². The van der Waals surface area contributed by atoms with E-state index in [9.17, 15) is 9.59 Å². The molecule has 110 valence electrons. The molecule has 0 aliphatic heterocycles. The van der Waals surface area contributed by atoms with Crippen LogP contribution in [0.15, 0.2) is 18.2 Å². The van der Waals surface area contributed by atoms with Crippen molar-refractivity contribution in [3.63, 3.8) is 0 Å². The van der Waals surface area contributed by atoms with Crippen molar-refractivity contribution in [2.24, 2.45) is 0 Å². The molecule has 1 aromatic carbocycles. The van der Waals surface area contributed by atoms with E-state index >= 15 is 0 Å². The molecule has 0 heterocycles. The Kier molecular flexibility index (Phi) is 5.57. The van der Waals surface area contributed by atoms with E-state index in [2.05, 4.69) is 5.32 Å². The maximum Gasteiger partial charge on any atom is 0.412 e. The summed E-state index contributed by atoms with van der Waals surface area (Å²) in [5.41, 5.74) is 0.862. The first-order chi connectivity index (χ1) is 9.17. The number of hydrogen-bond acceptors (Lipinski definition) is 3. The number of aryl methyl sites for hydroxylation is 1. The van der Waals surface area contributed by atoms with Crippen LogP contribution in [0.5, 0.6) is 0 Å². The van der Waals surface area contributed by atoms with Gasteiger partial charge in [-0.25, -0.2) is 4.79 Å². The van der Waals surface area contributed by atoms with E-state index in [4.69, 9.17) is 16.3 Å². The van der Waals surface area contributed by atoms with Gasteiger partial charge in [-0.1, -0.05) is 17.7 Å². The Balaban J connectivity index is 2.76. The van der Waals surface area contributed by atoms with Crippen molar-refractivity contribution >= 4 is 29.2 Å². The van der Waals surface area contributed by atoms with Crippen LogP contribution in [-0.4, -0.2) is 17.5 Å². The molecule has 0 aliphatic carbocycles. The van der Waals surface area contributed by atoms with Crippen LogP contribution in [0.3, 0.4) is 0 Å². The number of carbonyl (C=O) groups excluding carboxylic acids is 2. The smallest absolute Gasteiger partial charge is 0.412 e. The van der Waals surface area contributed by atoms with Crippen LogP contribution < -0.4 is 5.32 Å². The third kappa shape index (κ3) is 6.06. The van der Waals surface area contributed by atoms with E-state index in [1.807, 2.05) is 6.07 Å². The van der Waals surface area contributed by atoms with Gasteiger partial charge in [0, 0.05) is 6.42 Å². The number of anilines is 1. The molecule has 0 unspecified atom stereocenters. The Labute approximate surface area is 124 Å². The van der Waals surface area contributed by atoms with E-state index in [0.29, 0.717) is 23.6 Å². The van der Waals surface area contributed by atoms with Crippen molar-refractivity contribution in [3.8, 4) is 0 Å². The molecule has 1 rings (SSSR count). The fraction of sp³-hybridized carbons (Fsp3) is 0.467. The Hall–Kier alpha value is -1.55. The summed E-state index contributed by atoms with van der Waals surface area (Å²) in [6.07, 6.45) is 0.534.